The van der Waals surface area contributed by atoms with Crippen molar-refractivity contribution in [3.8, 4) is 0 Å². The van der Waals surface area contributed by atoms with Gasteiger partial charge in [-0.15, -0.1) is 5.10 Å². The van der Waals surface area contributed by atoms with Gasteiger partial charge in [-0.2, -0.15) is 27.1 Å². The molecule has 6 rings (SSSR count). The van der Waals surface area contributed by atoms with Gasteiger partial charge in [0.25, 0.3) is 10.0 Å². The molecule has 0 saturated carbocycles. The number of nitrogens with one attached hydrogen (secondary N) is 1. The van der Waals surface area contributed by atoms with Crippen molar-refractivity contribution in [2.45, 2.75) is 38.0 Å². The van der Waals surface area contributed by atoms with Gasteiger partial charge < -0.3 is 10.1 Å². The molecule has 0 amide bonds. The Bertz CT molecular complexity index is 1700. The van der Waals surface area contributed by atoms with E-state index in [9.17, 15) is 8.42 Å². The molecular weight excluding hydrogens is 490 g/mol. The molecule has 1 saturated heterocycles. The van der Waals surface area contributed by atoms with Crippen LogP contribution in [0.1, 0.15) is 29.9 Å². The van der Waals surface area contributed by atoms with Gasteiger partial charge in [0, 0.05) is 43.0 Å². The summed E-state index contributed by atoms with van der Waals surface area (Å²) in [6.07, 6.45) is 4.59. The van der Waals surface area contributed by atoms with Crippen LogP contribution in [-0.4, -0.2) is 50.4 Å². The minimum absolute atomic E-state index is 0.187. The Hall–Kier alpha value is -3.83. The summed E-state index contributed by atoms with van der Waals surface area (Å²) >= 11 is 0. The molecule has 1 fully saturated rings. The monoisotopic (exact) mass is 517 g/mol. The van der Waals surface area contributed by atoms with Crippen LogP contribution in [0.25, 0.3) is 16.6 Å². The maximum absolute atomic E-state index is 13.4. The van der Waals surface area contributed by atoms with E-state index in [1.807, 2.05) is 25.1 Å². The number of fused-ring (bicyclic) bond motifs is 2. The van der Waals surface area contributed by atoms with Crippen molar-refractivity contribution < 1.29 is 13.2 Å². The Morgan fingerprint density at radius 1 is 1.03 bits per heavy atom. The number of rotatable bonds is 6. The van der Waals surface area contributed by atoms with E-state index in [1.165, 1.54) is 0 Å². The van der Waals surface area contributed by atoms with E-state index in [4.69, 9.17) is 4.74 Å². The van der Waals surface area contributed by atoms with Crippen LogP contribution in [0, 0.1) is 19.8 Å². The standard InChI is InChI=1S/C26H27N7O3S/c1-17-3-6-21(7-4-17)37(34,35)33-23-16-20(5-8-22(23)18(2)30-33)28-26-29-24-9-12-27-25(32(24)31-26)15-19-10-13-36-14-11-19/h3-9,12,16,19H,10-11,13-15H2,1-2H3,(H,28,31). The molecule has 11 heteroatoms. The molecule has 0 radical (unpaired) electrons. The lowest BCUT2D eigenvalue weighted by Gasteiger charge is -2.21. The van der Waals surface area contributed by atoms with Crippen molar-refractivity contribution in [1.82, 2.24) is 28.8 Å². The summed E-state index contributed by atoms with van der Waals surface area (Å²) in [5.74, 6) is 1.77. The van der Waals surface area contributed by atoms with Crippen molar-refractivity contribution >= 4 is 38.2 Å². The fourth-order valence-electron chi connectivity index (χ4n) is 4.71. The summed E-state index contributed by atoms with van der Waals surface area (Å²) < 4.78 is 35.1. The minimum atomic E-state index is -3.87. The second-order valence-electron chi connectivity index (χ2n) is 9.43. The summed E-state index contributed by atoms with van der Waals surface area (Å²) in [6, 6.07) is 14.1. The second kappa shape index (κ2) is 9.24. The molecule has 3 aromatic heterocycles. The normalized spacial score (nSPS) is 15.0. The van der Waals surface area contributed by atoms with Crippen LogP contribution in [0.15, 0.2) is 59.6 Å². The number of anilines is 2. The zero-order chi connectivity index (χ0) is 25.6. The maximum atomic E-state index is 13.4. The van der Waals surface area contributed by atoms with Crippen molar-refractivity contribution in [2.75, 3.05) is 18.5 Å². The van der Waals surface area contributed by atoms with Crippen molar-refractivity contribution in [2.24, 2.45) is 5.92 Å². The van der Waals surface area contributed by atoms with Crippen LogP contribution in [0.5, 0.6) is 0 Å². The van der Waals surface area contributed by atoms with Gasteiger partial charge in [-0.1, -0.05) is 17.7 Å². The van der Waals surface area contributed by atoms with Crippen LogP contribution < -0.4 is 5.32 Å². The third kappa shape index (κ3) is 4.44. The maximum Gasteiger partial charge on any atom is 0.283 e. The Morgan fingerprint density at radius 3 is 2.59 bits per heavy atom. The zero-order valence-corrected chi connectivity index (χ0v) is 21.4. The fourth-order valence-corrected chi connectivity index (χ4v) is 6.03. The number of hydrogen-bond acceptors (Lipinski definition) is 8. The molecule has 0 spiro atoms. The van der Waals surface area contributed by atoms with E-state index >= 15 is 0 Å². The van der Waals surface area contributed by atoms with Crippen molar-refractivity contribution in [3.63, 3.8) is 0 Å². The first kappa shape index (κ1) is 23.6. The quantitative estimate of drug-likeness (QED) is 0.359. The molecular formula is C26H27N7O3S. The van der Waals surface area contributed by atoms with Gasteiger partial charge in [-0.05, 0) is 62.9 Å². The SMILES string of the molecule is Cc1ccc(S(=O)(=O)n2nc(C)c3ccc(Nc4nc5ccnc(CC6CCOCC6)n5n4)cc32)cc1. The summed E-state index contributed by atoms with van der Waals surface area (Å²) in [6.45, 7) is 5.28. The number of hydrogen-bond donors (Lipinski definition) is 1. The van der Waals surface area contributed by atoms with E-state index in [1.54, 1.807) is 48.0 Å². The third-order valence-electron chi connectivity index (χ3n) is 6.77. The summed E-state index contributed by atoms with van der Waals surface area (Å²) in [5.41, 5.74) is 3.45. The number of ether oxygens (including phenoxy) is 1. The highest BCUT2D eigenvalue weighted by Crippen LogP contribution is 2.27. The van der Waals surface area contributed by atoms with Crippen LogP contribution >= 0.6 is 0 Å². The van der Waals surface area contributed by atoms with Gasteiger partial charge in [0.1, 0.15) is 5.82 Å². The van der Waals surface area contributed by atoms with E-state index < -0.39 is 10.0 Å². The molecule has 4 heterocycles. The Balaban J connectivity index is 1.33. The van der Waals surface area contributed by atoms with Crippen LogP contribution in [0.3, 0.4) is 0 Å². The van der Waals surface area contributed by atoms with E-state index in [-0.39, 0.29) is 4.90 Å². The average Bonchev–Trinajstić information content (AvgIpc) is 3.46. The number of benzene rings is 2. The van der Waals surface area contributed by atoms with Gasteiger partial charge in [0.05, 0.1) is 16.1 Å². The Labute approximate surface area is 214 Å². The second-order valence-corrected chi connectivity index (χ2v) is 11.2. The molecule has 10 nitrogen and oxygen atoms in total. The molecule has 0 aliphatic carbocycles. The van der Waals surface area contributed by atoms with Crippen LogP contribution in [0.2, 0.25) is 0 Å². The first-order chi connectivity index (χ1) is 17.9. The average molecular weight is 518 g/mol. The lowest BCUT2D eigenvalue weighted by Crippen LogP contribution is -2.19. The summed E-state index contributed by atoms with van der Waals surface area (Å²) in [5, 5.41) is 13.0. The predicted molar refractivity (Wildman–Crippen MR) is 140 cm³/mol. The van der Waals surface area contributed by atoms with Crippen molar-refractivity contribution in [1.29, 1.82) is 0 Å². The Morgan fingerprint density at radius 2 is 1.81 bits per heavy atom. The van der Waals surface area contributed by atoms with Crippen LogP contribution in [-0.2, 0) is 21.2 Å². The number of aryl methyl sites for hydroxylation is 2. The molecule has 37 heavy (non-hydrogen) atoms. The highest BCUT2D eigenvalue weighted by Gasteiger charge is 2.23. The van der Waals surface area contributed by atoms with Gasteiger partial charge in [-0.3, -0.25) is 0 Å². The van der Waals surface area contributed by atoms with Crippen LogP contribution in [0.4, 0.5) is 11.6 Å². The largest absolute Gasteiger partial charge is 0.381 e. The highest BCUT2D eigenvalue weighted by molar-refractivity contribution is 7.90. The zero-order valence-electron chi connectivity index (χ0n) is 20.6. The molecule has 5 aromatic rings. The molecule has 1 N–H and O–H groups in total. The lowest BCUT2D eigenvalue weighted by atomic mass is 9.96. The predicted octanol–water partition coefficient (Wildman–Crippen LogP) is 4.04. The summed E-state index contributed by atoms with van der Waals surface area (Å²) in [4.78, 5) is 9.35. The van der Waals surface area contributed by atoms with Crippen molar-refractivity contribution in [3.05, 3.63) is 71.8 Å². The lowest BCUT2D eigenvalue weighted by molar-refractivity contribution is 0.0658. The van der Waals surface area contributed by atoms with Gasteiger partial charge >= 0.3 is 0 Å². The molecule has 0 atom stereocenters. The summed E-state index contributed by atoms with van der Waals surface area (Å²) in [7, 11) is -3.87. The third-order valence-corrected chi connectivity index (χ3v) is 8.37. The van der Waals surface area contributed by atoms with E-state index in [0.717, 1.165) is 53.3 Å². The molecule has 0 unspecified atom stereocenters. The minimum Gasteiger partial charge on any atom is -0.381 e. The fraction of sp³-hybridized carbons (Fsp3) is 0.308. The number of nitrogens with zero attached hydrogens (tertiary/aromatic N) is 6. The van der Waals surface area contributed by atoms with Gasteiger partial charge in [0.15, 0.2) is 5.65 Å². The van der Waals surface area contributed by atoms with E-state index in [0.29, 0.717) is 34.4 Å². The Kier molecular flexibility index (Phi) is 5.88. The first-order valence-electron chi connectivity index (χ1n) is 12.3. The first-order valence-corrected chi connectivity index (χ1v) is 13.7. The number of aromatic nitrogens is 6. The molecule has 1 aliphatic heterocycles. The smallest absolute Gasteiger partial charge is 0.283 e. The highest BCUT2D eigenvalue weighted by atomic mass is 32.2. The topological polar surface area (TPSA) is 116 Å². The molecule has 2 aromatic carbocycles. The molecule has 190 valence electrons. The van der Waals surface area contributed by atoms with E-state index in [2.05, 4.69) is 25.5 Å². The van der Waals surface area contributed by atoms with Gasteiger partial charge in [-0.25, -0.2) is 4.98 Å². The molecule has 0 bridgehead atoms. The van der Waals surface area contributed by atoms with Gasteiger partial charge in [0.2, 0.25) is 5.95 Å². The molecule has 1 aliphatic rings.